The molecule has 1 aliphatic rings. The molecule has 0 N–H and O–H groups in total. The molecule has 0 amide bonds. The highest BCUT2D eigenvalue weighted by Crippen LogP contribution is 2.50. The van der Waals surface area contributed by atoms with E-state index in [4.69, 9.17) is 5.26 Å². The van der Waals surface area contributed by atoms with Crippen molar-refractivity contribution in [2.24, 2.45) is 0 Å². The van der Waals surface area contributed by atoms with Crippen molar-refractivity contribution in [1.82, 2.24) is 9.55 Å². The number of fused-ring (bicyclic) bond motifs is 2. The highest BCUT2D eigenvalue weighted by atomic mass is 15.0. The van der Waals surface area contributed by atoms with Gasteiger partial charge in [-0.15, -0.1) is 0 Å². The lowest BCUT2D eigenvalue weighted by atomic mass is 9.82. The maximum atomic E-state index is 8.97. The molecule has 3 aromatic rings. The molecular formula is C21H21N3. The molecule has 24 heavy (non-hydrogen) atoms. The van der Waals surface area contributed by atoms with Crippen molar-refractivity contribution < 1.29 is 0 Å². The molecule has 3 heteroatoms. The predicted octanol–water partition coefficient (Wildman–Crippen LogP) is 4.86. The van der Waals surface area contributed by atoms with Crippen LogP contribution in [0.4, 0.5) is 0 Å². The van der Waals surface area contributed by atoms with E-state index >= 15 is 0 Å². The van der Waals surface area contributed by atoms with Crippen molar-refractivity contribution in [3.8, 4) is 11.8 Å². The molecule has 1 aromatic heterocycles. The van der Waals surface area contributed by atoms with Crippen LogP contribution in [0.25, 0.3) is 16.7 Å². The third-order valence-electron chi connectivity index (χ3n) is 5.30. The molecule has 0 aliphatic heterocycles. The fourth-order valence-electron chi connectivity index (χ4n) is 4.37. The fraction of sp³-hybridized carbons (Fsp3) is 0.333. The molecule has 4 rings (SSSR count). The van der Waals surface area contributed by atoms with Gasteiger partial charge in [-0.25, -0.2) is 4.98 Å². The molecule has 120 valence electrons. The van der Waals surface area contributed by atoms with Gasteiger partial charge in [-0.2, -0.15) is 5.26 Å². The first-order valence-corrected chi connectivity index (χ1v) is 8.34. The highest BCUT2D eigenvalue weighted by Gasteiger charge is 2.42. The Morgan fingerprint density at radius 3 is 2.25 bits per heavy atom. The van der Waals surface area contributed by atoms with Crippen LogP contribution in [0.1, 0.15) is 50.8 Å². The van der Waals surface area contributed by atoms with E-state index in [2.05, 4.69) is 55.4 Å². The van der Waals surface area contributed by atoms with Crippen LogP contribution >= 0.6 is 0 Å². The number of nitrogens with zero attached hydrogens (tertiary/aromatic N) is 3. The third-order valence-corrected chi connectivity index (χ3v) is 5.30. The van der Waals surface area contributed by atoms with E-state index in [1.165, 1.54) is 11.1 Å². The van der Waals surface area contributed by atoms with Crippen LogP contribution in [0, 0.1) is 11.3 Å². The van der Waals surface area contributed by atoms with E-state index in [0.717, 1.165) is 23.1 Å². The number of imidazole rings is 1. The van der Waals surface area contributed by atoms with Gasteiger partial charge in [0, 0.05) is 5.69 Å². The Balaban J connectivity index is 1.93. The summed E-state index contributed by atoms with van der Waals surface area (Å²) in [7, 11) is 0. The third kappa shape index (κ3) is 2.06. The number of hydrogen-bond donors (Lipinski definition) is 0. The summed E-state index contributed by atoms with van der Waals surface area (Å²) >= 11 is 0. The SMILES string of the molecule is CC1(C)CC(C)(C)c2cc3c(cc21)ncn3-c1ccc(C#N)cc1. The quantitative estimate of drug-likeness (QED) is 0.643. The van der Waals surface area contributed by atoms with Crippen LogP contribution in [0.3, 0.4) is 0 Å². The van der Waals surface area contributed by atoms with Gasteiger partial charge in [0.25, 0.3) is 0 Å². The van der Waals surface area contributed by atoms with Crippen molar-refractivity contribution in [2.45, 2.75) is 44.9 Å². The van der Waals surface area contributed by atoms with Gasteiger partial charge in [0.1, 0.15) is 6.33 Å². The van der Waals surface area contributed by atoms with Crippen molar-refractivity contribution in [1.29, 1.82) is 5.26 Å². The zero-order valence-corrected chi connectivity index (χ0v) is 14.6. The lowest BCUT2D eigenvalue weighted by molar-refractivity contribution is 0.403. The second-order valence-corrected chi connectivity index (χ2v) is 8.10. The molecule has 0 atom stereocenters. The second-order valence-electron chi connectivity index (χ2n) is 8.10. The average molecular weight is 315 g/mol. The van der Waals surface area contributed by atoms with Gasteiger partial charge in [0.2, 0.25) is 0 Å². The standard InChI is InChI=1S/C21H21N3/c1-20(2)12-21(3,4)17-10-19-18(9-16(17)20)23-13-24(19)15-7-5-14(11-22)6-8-15/h5-10,13H,12H2,1-4H3. The predicted molar refractivity (Wildman–Crippen MR) is 96.5 cm³/mol. The van der Waals surface area contributed by atoms with Crippen molar-refractivity contribution in [3.05, 3.63) is 59.4 Å². The molecule has 1 heterocycles. The van der Waals surface area contributed by atoms with E-state index < -0.39 is 0 Å². The maximum absolute atomic E-state index is 8.97. The fourth-order valence-corrected chi connectivity index (χ4v) is 4.37. The summed E-state index contributed by atoms with van der Waals surface area (Å²) in [5.41, 5.74) is 7.07. The van der Waals surface area contributed by atoms with Gasteiger partial charge in [-0.3, -0.25) is 4.57 Å². The van der Waals surface area contributed by atoms with E-state index in [1.807, 2.05) is 30.6 Å². The van der Waals surface area contributed by atoms with Crippen LogP contribution in [0.5, 0.6) is 0 Å². The Morgan fingerprint density at radius 1 is 1.00 bits per heavy atom. The zero-order valence-electron chi connectivity index (χ0n) is 14.6. The van der Waals surface area contributed by atoms with Gasteiger partial charge >= 0.3 is 0 Å². The summed E-state index contributed by atoms with van der Waals surface area (Å²) in [5.74, 6) is 0. The number of aromatic nitrogens is 2. The summed E-state index contributed by atoms with van der Waals surface area (Å²) in [6, 6.07) is 14.4. The molecule has 0 spiro atoms. The first kappa shape index (κ1) is 15.0. The topological polar surface area (TPSA) is 41.6 Å². The van der Waals surface area contributed by atoms with Gasteiger partial charge in [0.05, 0.1) is 22.7 Å². The minimum atomic E-state index is 0.173. The van der Waals surface area contributed by atoms with Gasteiger partial charge < -0.3 is 0 Å². The molecule has 0 fully saturated rings. The molecule has 3 nitrogen and oxygen atoms in total. The molecule has 0 unspecified atom stereocenters. The van der Waals surface area contributed by atoms with Crippen LogP contribution in [-0.2, 0) is 10.8 Å². The molecule has 1 aliphatic carbocycles. The Bertz CT molecular complexity index is 982. The molecular weight excluding hydrogens is 294 g/mol. The Labute approximate surface area is 142 Å². The normalized spacial score (nSPS) is 17.6. The van der Waals surface area contributed by atoms with E-state index in [0.29, 0.717) is 5.56 Å². The van der Waals surface area contributed by atoms with E-state index in [1.54, 1.807) is 0 Å². The van der Waals surface area contributed by atoms with Gasteiger partial charge in [-0.1, -0.05) is 27.7 Å². The monoisotopic (exact) mass is 315 g/mol. The number of benzene rings is 2. The second kappa shape index (κ2) is 4.70. The Morgan fingerprint density at radius 2 is 1.62 bits per heavy atom. The number of hydrogen-bond acceptors (Lipinski definition) is 2. The summed E-state index contributed by atoms with van der Waals surface area (Å²) in [6.07, 6.45) is 3.03. The maximum Gasteiger partial charge on any atom is 0.100 e. The number of nitriles is 1. The minimum Gasteiger partial charge on any atom is -0.299 e. The lowest BCUT2D eigenvalue weighted by Crippen LogP contribution is -2.18. The first-order valence-electron chi connectivity index (χ1n) is 8.34. The van der Waals surface area contributed by atoms with Crippen LogP contribution < -0.4 is 0 Å². The smallest absolute Gasteiger partial charge is 0.100 e. The Hall–Kier alpha value is -2.60. The van der Waals surface area contributed by atoms with Crippen LogP contribution in [0.15, 0.2) is 42.7 Å². The summed E-state index contributed by atoms with van der Waals surface area (Å²) in [4.78, 5) is 4.63. The van der Waals surface area contributed by atoms with Crippen molar-refractivity contribution in [3.63, 3.8) is 0 Å². The number of rotatable bonds is 1. The van der Waals surface area contributed by atoms with Crippen molar-refractivity contribution >= 4 is 11.0 Å². The van der Waals surface area contributed by atoms with E-state index in [9.17, 15) is 0 Å². The molecule has 0 saturated heterocycles. The Kier molecular flexibility index (Phi) is 2.93. The van der Waals surface area contributed by atoms with Crippen LogP contribution in [-0.4, -0.2) is 9.55 Å². The first-order chi connectivity index (χ1) is 11.3. The highest BCUT2D eigenvalue weighted by molar-refractivity contribution is 5.81. The molecule has 0 bridgehead atoms. The minimum absolute atomic E-state index is 0.173. The summed E-state index contributed by atoms with van der Waals surface area (Å²) in [6.45, 7) is 9.30. The lowest BCUT2D eigenvalue weighted by Gasteiger charge is -2.22. The molecule has 0 saturated carbocycles. The van der Waals surface area contributed by atoms with Crippen molar-refractivity contribution in [2.75, 3.05) is 0 Å². The molecule has 2 aromatic carbocycles. The molecule has 0 radical (unpaired) electrons. The largest absolute Gasteiger partial charge is 0.299 e. The van der Waals surface area contributed by atoms with E-state index in [-0.39, 0.29) is 10.8 Å². The summed E-state index contributed by atoms with van der Waals surface area (Å²) in [5, 5.41) is 8.97. The summed E-state index contributed by atoms with van der Waals surface area (Å²) < 4.78 is 2.11. The van der Waals surface area contributed by atoms with Gasteiger partial charge in [0.15, 0.2) is 0 Å². The van der Waals surface area contributed by atoms with Gasteiger partial charge in [-0.05, 0) is 64.8 Å². The van der Waals surface area contributed by atoms with Crippen LogP contribution in [0.2, 0.25) is 0 Å². The zero-order chi connectivity index (χ0) is 17.1. The average Bonchev–Trinajstić information content (AvgIpc) is 3.03.